The fourth-order valence-electron chi connectivity index (χ4n) is 1.67. The Morgan fingerprint density at radius 2 is 1.89 bits per heavy atom. The number of nitrogens with zero attached hydrogens (tertiary/aromatic N) is 1. The Labute approximate surface area is 104 Å². The van der Waals surface area contributed by atoms with Crippen molar-refractivity contribution in [1.29, 1.82) is 0 Å². The molecule has 2 rings (SSSR count). The minimum Gasteiger partial charge on any atom is -0.384 e. The van der Waals surface area contributed by atoms with Crippen molar-refractivity contribution in [2.75, 3.05) is 24.7 Å². The number of benzene rings is 1. The summed E-state index contributed by atoms with van der Waals surface area (Å²) in [6.45, 7) is -0.514. The average Bonchev–Trinajstić information content (AvgIpc) is 2.37. The minimum atomic E-state index is -0.413. The van der Waals surface area contributed by atoms with Crippen molar-refractivity contribution in [2.45, 2.75) is 0 Å². The molecule has 5 nitrogen and oxygen atoms in total. The van der Waals surface area contributed by atoms with Crippen molar-refractivity contribution < 1.29 is 19.4 Å². The zero-order valence-corrected chi connectivity index (χ0v) is 9.55. The Balaban J connectivity index is 2.43. The van der Waals surface area contributed by atoms with Gasteiger partial charge in [-0.15, -0.1) is 0 Å². The van der Waals surface area contributed by atoms with Crippen LogP contribution in [0.2, 0.25) is 0 Å². The highest BCUT2D eigenvalue weighted by Crippen LogP contribution is 2.21. The van der Waals surface area contributed by atoms with Crippen molar-refractivity contribution in [3.05, 3.63) is 29.8 Å². The highest BCUT2D eigenvalue weighted by atomic mass is 16.5. The summed E-state index contributed by atoms with van der Waals surface area (Å²) >= 11 is 0. The van der Waals surface area contributed by atoms with E-state index in [2.05, 4.69) is 11.8 Å². The smallest absolute Gasteiger partial charge is 0.259 e. The van der Waals surface area contributed by atoms with Gasteiger partial charge in [-0.25, -0.2) is 4.90 Å². The fraction of sp³-hybridized carbons (Fsp3) is 0.231. The van der Waals surface area contributed by atoms with E-state index < -0.39 is 11.8 Å². The lowest BCUT2D eigenvalue weighted by Crippen LogP contribution is -2.46. The topological polar surface area (TPSA) is 66.8 Å². The number of aliphatic hydroxyl groups excluding tert-OH is 1. The number of anilines is 1. The van der Waals surface area contributed by atoms with Gasteiger partial charge in [0.25, 0.3) is 11.8 Å². The Hall–Kier alpha value is -2.16. The predicted octanol–water partition coefficient (Wildman–Crippen LogP) is -0.0798. The summed E-state index contributed by atoms with van der Waals surface area (Å²) in [5.41, 5.74) is 0.951. The summed E-state index contributed by atoms with van der Waals surface area (Å²) in [6, 6.07) is 6.80. The van der Waals surface area contributed by atoms with E-state index in [1.165, 1.54) is 0 Å². The van der Waals surface area contributed by atoms with E-state index in [4.69, 9.17) is 9.84 Å². The molecular formula is C13H11NO4. The van der Waals surface area contributed by atoms with Gasteiger partial charge in [-0.1, -0.05) is 24.0 Å². The quantitative estimate of drug-likeness (QED) is 0.555. The van der Waals surface area contributed by atoms with Crippen molar-refractivity contribution in [3.63, 3.8) is 0 Å². The molecule has 1 aliphatic heterocycles. The Kier molecular flexibility index (Phi) is 3.72. The molecule has 0 radical (unpaired) electrons. The molecule has 1 heterocycles. The fourth-order valence-corrected chi connectivity index (χ4v) is 1.67. The van der Waals surface area contributed by atoms with E-state index in [0.717, 1.165) is 4.90 Å². The van der Waals surface area contributed by atoms with Gasteiger partial charge in [-0.3, -0.25) is 9.59 Å². The second kappa shape index (κ2) is 5.45. The standard InChI is InChI=1S/C13H11NO4/c15-7-3-5-10-4-1-2-6-11(10)14-12(16)8-18-9-13(14)17/h1-2,4,6,15H,7-9H2. The van der Waals surface area contributed by atoms with Crippen LogP contribution < -0.4 is 4.90 Å². The second-order valence-corrected chi connectivity index (χ2v) is 3.59. The molecular weight excluding hydrogens is 234 g/mol. The molecule has 1 aromatic rings. The normalized spacial score (nSPS) is 15.3. The first kappa shape index (κ1) is 12.3. The summed E-state index contributed by atoms with van der Waals surface area (Å²) in [5.74, 6) is 4.39. The SMILES string of the molecule is O=C1COCC(=O)N1c1ccccc1C#CCO. The number of hydrogen-bond donors (Lipinski definition) is 1. The van der Waals surface area contributed by atoms with Crippen LogP contribution in [0.4, 0.5) is 5.69 Å². The molecule has 1 saturated heterocycles. The summed E-state index contributed by atoms with van der Waals surface area (Å²) in [7, 11) is 0. The van der Waals surface area contributed by atoms with E-state index in [0.29, 0.717) is 11.3 Å². The third kappa shape index (κ3) is 2.40. The molecule has 0 saturated carbocycles. The first-order chi connectivity index (χ1) is 8.74. The average molecular weight is 245 g/mol. The van der Waals surface area contributed by atoms with Gasteiger partial charge in [-0.05, 0) is 12.1 Å². The molecule has 1 aromatic carbocycles. The lowest BCUT2D eigenvalue weighted by atomic mass is 10.1. The van der Waals surface area contributed by atoms with Crippen molar-refractivity contribution in [3.8, 4) is 11.8 Å². The van der Waals surface area contributed by atoms with E-state index in [1.807, 2.05) is 0 Å². The number of aliphatic hydroxyl groups is 1. The summed E-state index contributed by atoms with van der Waals surface area (Å²) in [4.78, 5) is 24.5. The largest absolute Gasteiger partial charge is 0.384 e. The third-order valence-electron chi connectivity index (χ3n) is 2.40. The number of carbonyl (C=O) groups excluding carboxylic acids is 2. The van der Waals surface area contributed by atoms with E-state index in [9.17, 15) is 9.59 Å². The van der Waals surface area contributed by atoms with Crippen LogP contribution in [0.5, 0.6) is 0 Å². The van der Waals surface area contributed by atoms with Crippen molar-refractivity contribution in [1.82, 2.24) is 0 Å². The Morgan fingerprint density at radius 1 is 1.22 bits per heavy atom. The lowest BCUT2D eigenvalue weighted by Gasteiger charge is -2.25. The molecule has 0 aromatic heterocycles. The summed E-state index contributed by atoms with van der Waals surface area (Å²) in [6.07, 6.45) is 0. The van der Waals surface area contributed by atoms with Crippen LogP contribution in [-0.4, -0.2) is 36.7 Å². The van der Waals surface area contributed by atoms with Crippen LogP contribution in [0.15, 0.2) is 24.3 Å². The number of hydrogen-bond acceptors (Lipinski definition) is 4. The molecule has 0 aliphatic carbocycles. The maximum Gasteiger partial charge on any atom is 0.259 e. The lowest BCUT2D eigenvalue weighted by molar-refractivity contribution is -0.138. The van der Waals surface area contributed by atoms with Gasteiger partial charge in [0.05, 0.1) is 5.69 Å². The Morgan fingerprint density at radius 3 is 2.56 bits per heavy atom. The van der Waals surface area contributed by atoms with Crippen LogP contribution in [0.3, 0.4) is 0 Å². The summed E-state index contributed by atoms with van der Waals surface area (Å²) in [5, 5.41) is 8.69. The van der Waals surface area contributed by atoms with Crippen molar-refractivity contribution >= 4 is 17.5 Å². The van der Waals surface area contributed by atoms with Gasteiger partial charge < -0.3 is 9.84 Å². The van der Waals surface area contributed by atoms with Crippen LogP contribution in [-0.2, 0) is 14.3 Å². The van der Waals surface area contributed by atoms with Crippen molar-refractivity contribution in [2.24, 2.45) is 0 Å². The van der Waals surface area contributed by atoms with Gasteiger partial charge in [0, 0.05) is 5.56 Å². The van der Waals surface area contributed by atoms with Gasteiger partial charge >= 0.3 is 0 Å². The molecule has 0 atom stereocenters. The molecule has 1 aliphatic rings. The second-order valence-electron chi connectivity index (χ2n) is 3.59. The molecule has 92 valence electrons. The molecule has 18 heavy (non-hydrogen) atoms. The van der Waals surface area contributed by atoms with Crippen LogP contribution in [0.1, 0.15) is 5.56 Å². The third-order valence-corrected chi connectivity index (χ3v) is 2.40. The number of carbonyl (C=O) groups is 2. The van der Waals surface area contributed by atoms with Crippen LogP contribution in [0, 0.1) is 11.8 Å². The molecule has 1 N–H and O–H groups in total. The zero-order valence-electron chi connectivity index (χ0n) is 9.55. The van der Waals surface area contributed by atoms with Crippen LogP contribution >= 0.6 is 0 Å². The van der Waals surface area contributed by atoms with Gasteiger partial charge in [0.1, 0.15) is 19.8 Å². The Bertz CT molecular complexity index is 525. The number of para-hydroxylation sites is 1. The molecule has 2 amide bonds. The van der Waals surface area contributed by atoms with E-state index in [-0.39, 0.29) is 19.8 Å². The van der Waals surface area contributed by atoms with Crippen LogP contribution in [0.25, 0.3) is 0 Å². The maximum absolute atomic E-state index is 11.7. The number of amides is 2. The molecule has 5 heteroatoms. The minimum absolute atomic E-state index is 0.118. The first-order valence-corrected chi connectivity index (χ1v) is 5.36. The highest BCUT2D eigenvalue weighted by molar-refractivity contribution is 6.17. The van der Waals surface area contributed by atoms with E-state index in [1.54, 1.807) is 24.3 Å². The van der Waals surface area contributed by atoms with Gasteiger partial charge in [-0.2, -0.15) is 0 Å². The monoisotopic (exact) mass is 245 g/mol. The highest BCUT2D eigenvalue weighted by Gasteiger charge is 2.29. The molecule has 0 unspecified atom stereocenters. The molecule has 0 bridgehead atoms. The first-order valence-electron chi connectivity index (χ1n) is 5.36. The zero-order chi connectivity index (χ0) is 13.0. The maximum atomic E-state index is 11.7. The van der Waals surface area contributed by atoms with Gasteiger partial charge in [0.15, 0.2) is 0 Å². The van der Waals surface area contributed by atoms with Gasteiger partial charge in [0.2, 0.25) is 0 Å². The number of morpholine rings is 1. The number of ether oxygens (including phenoxy) is 1. The molecule has 0 spiro atoms. The molecule has 1 fully saturated rings. The number of rotatable bonds is 1. The number of imide groups is 1. The predicted molar refractivity (Wildman–Crippen MR) is 63.7 cm³/mol. The summed E-state index contributed by atoms with van der Waals surface area (Å²) < 4.78 is 4.85. The van der Waals surface area contributed by atoms with E-state index >= 15 is 0 Å².